The molecule has 1 saturated heterocycles. The van der Waals surface area contributed by atoms with E-state index < -0.39 is 18.0 Å². The Bertz CT molecular complexity index is 908. The Labute approximate surface area is 169 Å². The Balaban J connectivity index is 1.36. The third kappa shape index (κ3) is 4.04. The highest BCUT2D eigenvalue weighted by molar-refractivity contribution is 5.98. The average molecular weight is 396 g/mol. The summed E-state index contributed by atoms with van der Waals surface area (Å²) in [7, 11) is 0. The van der Waals surface area contributed by atoms with Crippen molar-refractivity contribution in [2.45, 2.75) is 38.8 Å². The normalized spacial score (nSPS) is 19.8. The summed E-state index contributed by atoms with van der Waals surface area (Å²) in [5, 5.41) is 0. The van der Waals surface area contributed by atoms with Crippen LogP contribution in [0, 0.1) is 5.92 Å². The fraction of sp³-hybridized carbons (Fsp3) is 0.409. The number of carbonyl (C=O) groups is 3. The van der Waals surface area contributed by atoms with Crippen LogP contribution in [0.25, 0.3) is 0 Å². The molecule has 2 aromatic rings. The maximum absolute atomic E-state index is 12.9. The highest BCUT2D eigenvalue weighted by Gasteiger charge is 2.37. The summed E-state index contributed by atoms with van der Waals surface area (Å²) in [6.07, 6.45) is 2.55. The van der Waals surface area contributed by atoms with Crippen LogP contribution in [0.2, 0.25) is 0 Å². The molecule has 7 nitrogen and oxygen atoms in total. The van der Waals surface area contributed by atoms with Crippen LogP contribution < -0.4 is 4.90 Å². The van der Waals surface area contributed by atoms with Gasteiger partial charge in [-0.25, -0.2) is 0 Å². The highest BCUT2D eigenvalue weighted by Crippen LogP contribution is 2.28. The summed E-state index contributed by atoms with van der Waals surface area (Å²) in [6.45, 7) is 2.80. The first-order chi connectivity index (χ1) is 14.0. The van der Waals surface area contributed by atoms with Gasteiger partial charge in [0.05, 0.1) is 18.7 Å². The van der Waals surface area contributed by atoms with Crippen LogP contribution in [0.4, 0.5) is 5.69 Å². The Morgan fingerprint density at radius 1 is 1.24 bits per heavy atom. The quantitative estimate of drug-likeness (QED) is 0.726. The Kier molecular flexibility index (Phi) is 5.38. The van der Waals surface area contributed by atoms with Crippen molar-refractivity contribution in [2.75, 3.05) is 18.0 Å². The molecule has 2 aliphatic heterocycles. The summed E-state index contributed by atoms with van der Waals surface area (Å²) in [5.41, 5.74) is 2.01. The lowest BCUT2D eigenvalue weighted by atomic mass is 10.0. The number of amides is 2. The molecule has 2 amide bonds. The SMILES string of the molecule is C[C@@H](OC(=O)[C@H]1CC(=O)N(Cc2ccco2)C1)C(=O)N1CCCc2ccccc21. The van der Waals surface area contributed by atoms with Crippen molar-refractivity contribution in [1.29, 1.82) is 0 Å². The van der Waals surface area contributed by atoms with E-state index in [0.717, 1.165) is 24.1 Å². The first-order valence-corrected chi connectivity index (χ1v) is 9.93. The van der Waals surface area contributed by atoms with Crippen LogP contribution in [0.3, 0.4) is 0 Å². The van der Waals surface area contributed by atoms with Crippen LogP contribution >= 0.6 is 0 Å². The molecular formula is C22H24N2O5. The summed E-state index contributed by atoms with van der Waals surface area (Å²) in [4.78, 5) is 41.0. The van der Waals surface area contributed by atoms with Crippen molar-refractivity contribution in [3.05, 3.63) is 54.0 Å². The second-order valence-electron chi connectivity index (χ2n) is 7.56. The number of hydrogen-bond donors (Lipinski definition) is 0. The third-order valence-electron chi connectivity index (χ3n) is 5.49. The van der Waals surface area contributed by atoms with Crippen molar-refractivity contribution in [3.63, 3.8) is 0 Å². The Morgan fingerprint density at radius 3 is 2.86 bits per heavy atom. The zero-order chi connectivity index (χ0) is 20.4. The van der Waals surface area contributed by atoms with E-state index >= 15 is 0 Å². The molecular weight excluding hydrogens is 372 g/mol. The number of nitrogens with zero attached hydrogens (tertiary/aromatic N) is 2. The summed E-state index contributed by atoms with van der Waals surface area (Å²) in [5.74, 6) is -0.762. The molecule has 1 aromatic heterocycles. The van der Waals surface area contributed by atoms with Gasteiger partial charge in [-0.3, -0.25) is 14.4 Å². The molecule has 0 aliphatic carbocycles. The van der Waals surface area contributed by atoms with E-state index in [4.69, 9.17) is 9.15 Å². The van der Waals surface area contributed by atoms with Gasteiger partial charge in [0.2, 0.25) is 5.91 Å². The van der Waals surface area contributed by atoms with Crippen molar-refractivity contribution in [3.8, 4) is 0 Å². The van der Waals surface area contributed by atoms with Crippen molar-refractivity contribution in [1.82, 2.24) is 4.90 Å². The van der Waals surface area contributed by atoms with E-state index in [0.29, 0.717) is 18.8 Å². The summed E-state index contributed by atoms with van der Waals surface area (Å²) < 4.78 is 10.7. The summed E-state index contributed by atoms with van der Waals surface area (Å²) >= 11 is 0. The van der Waals surface area contributed by atoms with E-state index in [2.05, 4.69) is 0 Å². The van der Waals surface area contributed by atoms with Gasteiger partial charge in [0, 0.05) is 25.2 Å². The van der Waals surface area contributed by atoms with Gasteiger partial charge < -0.3 is 19.0 Å². The van der Waals surface area contributed by atoms with E-state index in [1.54, 1.807) is 35.1 Å². The van der Waals surface area contributed by atoms with Crippen LogP contribution in [0.1, 0.15) is 31.1 Å². The maximum atomic E-state index is 12.9. The fourth-order valence-electron chi connectivity index (χ4n) is 3.98. The predicted octanol–water partition coefficient (Wildman–Crippen LogP) is 2.54. The second kappa shape index (κ2) is 8.11. The van der Waals surface area contributed by atoms with E-state index in [1.165, 1.54) is 0 Å². The molecule has 0 saturated carbocycles. The molecule has 1 aromatic carbocycles. The topological polar surface area (TPSA) is 80.1 Å². The molecule has 4 rings (SSSR count). The van der Waals surface area contributed by atoms with Gasteiger partial charge in [0.1, 0.15) is 5.76 Å². The monoisotopic (exact) mass is 396 g/mol. The van der Waals surface area contributed by atoms with Gasteiger partial charge in [0.15, 0.2) is 6.10 Å². The highest BCUT2D eigenvalue weighted by atomic mass is 16.5. The van der Waals surface area contributed by atoms with Crippen molar-refractivity contribution in [2.24, 2.45) is 5.92 Å². The molecule has 0 radical (unpaired) electrons. The first-order valence-electron chi connectivity index (χ1n) is 9.93. The lowest BCUT2D eigenvalue weighted by Gasteiger charge is -2.31. The van der Waals surface area contributed by atoms with Crippen LogP contribution in [-0.4, -0.2) is 41.9 Å². The molecule has 1 fully saturated rings. The number of fused-ring (bicyclic) bond motifs is 1. The zero-order valence-electron chi connectivity index (χ0n) is 16.4. The molecule has 152 valence electrons. The van der Waals surface area contributed by atoms with Crippen LogP contribution in [-0.2, 0) is 32.1 Å². The number of furan rings is 1. The second-order valence-corrected chi connectivity index (χ2v) is 7.56. The first kappa shape index (κ1) is 19.2. The number of ether oxygens (including phenoxy) is 1. The number of likely N-dealkylation sites (tertiary alicyclic amines) is 1. The van der Waals surface area contributed by atoms with Gasteiger partial charge in [-0.2, -0.15) is 0 Å². The van der Waals surface area contributed by atoms with Gasteiger partial charge in [-0.15, -0.1) is 0 Å². The molecule has 0 unspecified atom stereocenters. The Morgan fingerprint density at radius 2 is 2.07 bits per heavy atom. The number of para-hydroxylation sites is 1. The van der Waals surface area contributed by atoms with Gasteiger partial charge in [-0.1, -0.05) is 18.2 Å². The molecule has 0 spiro atoms. The number of rotatable bonds is 5. The molecule has 29 heavy (non-hydrogen) atoms. The van der Waals surface area contributed by atoms with Crippen molar-refractivity contribution < 1.29 is 23.5 Å². The number of aryl methyl sites for hydroxylation is 1. The van der Waals surface area contributed by atoms with E-state index in [9.17, 15) is 14.4 Å². The smallest absolute Gasteiger partial charge is 0.312 e. The van der Waals surface area contributed by atoms with Crippen molar-refractivity contribution >= 4 is 23.5 Å². The van der Waals surface area contributed by atoms with Gasteiger partial charge >= 0.3 is 5.97 Å². The van der Waals surface area contributed by atoms with Gasteiger partial charge in [-0.05, 0) is 43.5 Å². The predicted molar refractivity (Wildman–Crippen MR) is 105 cm³/mol. The number of esters is 1. The third-order valence-corrected chi connectivity index (χ3v) is 5.49. The zero-order valence-corrected chi connectivity index (χ0v) is 16.4. The van der Waals surface area contributed by atoms with E-state index in [-0.39, 0.29) is 24.8 Å². The molecule has 0 N–H and O–H groups in total. The number of carbonyl (C=O) groups excluding carboxylic acids is 3. The lowest BCUT2D eigenvalue weighted by molar-refractivity contribution is -0.157. The minimum atomic E-state index is -0.900. The fourth-order valence-corrected chi connectivity index (χ4v) is 3.98. The number of hydrogen-bond acceptors (Lipinski definition) is 5. The molecule has 2 atom stereocenters. The summed E-state index contributed by atoms with van der Waals surface area (Å²) in [6, 6.07) is 11.3. The largest absolute Gasteiger partial charge is 0.467 e. The lowest BCUT2D eigenvalue weighted by Crippen LogP contribution is -2.43. The maximum Gasteiger partial charge on any atom is 0.312 e. The van der Waals surface area contributed by atoms with Crippen LogP contribution in [0.5, 0.6) is 0 Å². The van der Waals surface area contributed by atoms with Gasteiger partial charge in [0.25, 0.3) is 5.91 Å². The minimum Gasteiger partial charge on any atom is -0.467 e. The number of benzene rings is 1. The van der Waals surface area contributed by atoms with Crippen LogP contribution in [0.15, 0.2) is 47.1 Å². The standard InChI is InChI=1S/C22H24N2O5/c1-15(21(26)24-10-4-7-16-6-2-3-9-19(16)24)29-22(27)17-12-20(25)23(13-17)14-18-8-5-11-28-18/h2-3,5-6,8-9,11,15,17H,4,7,10,12-14H2,1H3/t15-,17+/m1/s1. The van der Waals surface area contributed by atoms with E-state index in [1.807, 2.05) is 24.3 Å². The Hall–Kier alpha value is -3.09. The average Bonchev–Trinajstić information content (AvgIpc) is 3.37. The minimum absolute atomic E-state index is 0.0903. The molecule has 7 heteroatoms. The molecule has 0 bridgehead atoms. The molecule has 2 aliphatic rings. The molecule has 3 heterocycles. The number of anilines is 1.